The average Bonchev–Trinajstić information content (AvgIpc) is 3.18. The second-order valence-corrected chi connectivity index (χ2v) is 5.14. The highest BCUT2D eigenvalue weighted by molar-refractivity contribution is 5.95. The second-order valence-electron chi connectivity index (χ2n) is 5.14. The van der Waals surface area contributed by atoms with Crippen LogP contribution in [-0.4, -0.2) is 37.5 Å². The van der Waals surface area contributed by atoms with Gasteiger partial charge >= 0.3 is 5.97 Å². The Morgan fingerprint density at radius 3 is 2.91 bits per heavy atom. The molecule has 1 aromatic carbocycles. The molecule has 0 spiro atoms. The van der Waals surface area contributed by atoms with Gasteiger partial charge in [0.05, 0.1) is 0 Å². The lowest BCUT2D eigenvalue weighted by molar-refractivity contribution is -0.162. The number of fused-ring (bicyclic) bond motifs is 1. The first-order chi connectivity index (χ1) is 10.6. The quantitative estimate of drug-likeness (QED) is 0.848. The largest absolute Gasteiger partial charge is 0.454 e. The predicted octanol–water partition coefficient (Wildman–Crippen LogP) is 1.46. The molecule has 0 bridgehead atoms. The molecule has 2 aliphatic rings. The number of carbonyl (C=O) groups is 2. The molecule has 1 amide bonds. The minimum Gasteiger partial charge on any atom is -0.454 e. The Kier molecular flexibility index (Phi) is 4.15. The lowest BCUT2D eigenvalue weighted by Gasteiger charge is -2.16. The summed E-state index contributed by atoms with van der Waals surface area (Å²) in [6, 6.07) is 5.07. The van der Waals surface area contributed by atoms with Gasteiger partial charge < -0.3 is 24.3 Å². The van der Waals surface area contributed by atoms with Crippen molar-refractivity contribution in [1.29, 1.82) is 0 Å². The molecule has 2 heterocycles. The van der Waals surface area contributed by atoms with Gasteiger partial charge in [0.2, 0.25) is 6.79 Å². The Hall–Kier alpha value is -2.28. The SMILES string of the molecule is C[C@@H](OC(=O)[C@@H]1CCCO1)C(=O)Nc1ccc2c(c1)OCO2. The van der Waals surface area contributed by atoms with Crippen LogP contribution in [0, 0.1) is 0 Å². The van der Waals surface area contributed by atoms with E-state index in [9.17, 15) is 9.59 Å². The maximum atomic E-state index is 12.1. The number of anilines is 1. The maximum absolute atomic E-state index is 12.1. The van der Waals surface area contributed by atoms with Crippen LogP contribution in [0.15, 0.2) is 18.2 Å². The summed E-state index contributed by atoms with van der Waals surface area (Å²) < 4.78 is 20.8. The molecule has 118 valence electrons. The lowest BCUT2D eigenvalue weighted by Crippen LogP contribution is -2.33. The van der Waals surface area contributed by atoms with Crippen molar-refractivity contribution >= 4 is 17.6 Å². The van der Waals surface area contributed by atoms with Gasteiger partial charge in [0.1, 0.15) is 0 Å². The number of benzene rings is 1. The van der Waals surface area contributed by atoms with Crippen molar-refractivity contribution in [2.45, 2.75) is 32.0 Å². The van der Waals surface area contributed by atoms with E-state index in [1.165, 1.54) is 6.92 Å². The molecule has 3 rings (SSSR count). The zero-order valence-corrected chi connectivity index (χ0v) is 12.2. The zero-order chi connectivity index (χ0) is 15.5. The van der Waals surface area contributed by atoms with Gasteiger partial charge in [-0.1, -0.05) is 0 Å². The molecule has 0 saturated carbocycles. The molecule has 0 aromatic heterocycles. The van der Waals surface area contributed by atoms with Crippen LogP contribution >= 0.6 is 0 Å². The third-order valence-electron chi connectivity index (χ3n) is 3.49. The van der Waals surface area contributed by atoms with Gasteiger partial charge in [-0.15, -0.1) is 0 Å². The van der Waals surface area contributed by atoms with Crippen LogP contribution in [0.4, 0.5) is 5.69 Å². The molecule has 2 aliphatic heterocycles. The summed E-state index contributed by atoms with van der Waals surface area (Å²) in [4.78, 5) is 23.9. The third kappa shape index (κ3) is 3.14. The van der Waals surface area contributed by atoms with Gasteiger partial charge in [0.15, 0.2) is 23.7 Å². The van der Waals surface area contributed by atoms with Crippen molar-refractivity contribution in [3.05, 3.63) is 18.2 Å². The summed E-state index contributed by atoms with van der Waals surface area (Å²) in [6.45, 7) is 2.24. The smallest absolute Gasteiger partial charge is 0.336 e. The van der Waals surface area contributed by atoms with E-state index in [0.29, 0.717) is 30.2 Å². The second kappa shape index (κ2) is 6.23. The highest BCUT2D eigenvalue weighted by Gasteiger charge is 2.28. The molecular weight excluding hydrogens is 290 g/mol. The summed E-state index contributed by atoms with van der Waals surface area (Å²) in [7, 11) is 0. The number of esters is 1. The minimum absolute atomic E-state index is 0.169. The summed E-state index contributed by atoms with van der Waals surface area (Å²) in [5, 5.41) is 2.67. The van der Waals surface area contributed by atoms with E-state index in [0.717, 1.165) is 6.42 Å². The van der Waals surface area contributed by atoms with Crippen LogP contribution < -0.4 is 14.8 Å². The highest BCUT2D eigenvalue weighted by Crippen LogP contribution is 2.34. The van der Waals surface area contributed by atoms with Crippen molar-refractivity contribution in [3.63, 3.8) is 0 Å². The Morgan fingerprint density at radius 1 is 1.32 bits per heavy atom. The van der Waals surface area contributed by atoms with Crippen LogP contribution in [0.2, 0.25) is 0 Å². The van der Waals surface area contributed by atoms with Crippen molar-refractivity contribution in [2.75, 3.05) is 18.7 Å². The first-order valence-corrected chi connectivity index (χ1v) is 7.16. The van der Waals surface area contributed by atoms with Gasteiger partial charge in [-0.25, -0.2) is 4.79 Å². The number of ether oxygens (including phenoxy) is 4. The van der Waals surface area contributed by atoms with Crippen molar-refractivity contribution in [1.82, 2.24) is 0 Å². The molecule has 22 heavy (non-hydrogen) atoms. The van der Waals surface area contributed by atoms with E-state index in [1.807, 2.05) is 0 Å². The van der Waals surface area contributed by atoms with Crippen molar-refractivity contribution in [2.24, 2.45) is 0 Å². The van der Waals surface area contributed by atoms with Gasteiger partial charge in [-0.05, 0) is 31.9 Å². The molecule has 2 atom stereocenters. The van der Waals surface area contributed by atoms with Gasteiger partial charge in [-0.2, -0.15) is 0 Å². The Morgan fingerprint density at radius 2 is 2.14 bits per heavy atom. The van der Waals surface area contributed by atoms with Crippen molar-refractivity contribution in [3.8, 4) is 11.5 Å². The van der Waals surface area contributed by atoms with Gasteiger partial charge in [-0.3, -0.25) is 4.79 Å². The maximum Gasteiger partial charge on any atom is 0.336 e. The molecular formula is C15H17NO6. The molecule has 1 fully saturated rings. The van der Waals surface area contributed by atoms with E-state index in [2.05, 4.69) is 5.32 Å². The number of hydrogen-bond donors (Lipinski definition) is 1. The van der Waals surface area contributed by atoms with E-state index in [1.54, 1.807) is 18.2 Å². The number of hydrogen-bond acceptors (Lipinski definition) is 6. The molecule has 1 aromatic rings. The Bertz CT molecular complexity index is 581. The fourth-order valence-electron chi connectivity index (χ4n) is 2.29. The van der Waals surface area contributed by atoms with Crippen LogP contribution in [0.25, 0.3) is 0 Å². The van der Waals surface area contributed by atoms with E-state index < -0.39 is 24.1 Å². The third-order valence-corrected chi connectivity index (χ3v) is 3.49. The fourth-order valence-corrected chi connectivity index (χ4v) is 2.29. The highest BCUT2D eigenvalue weighted by atomic mass is 16.7. The number of rotatable bonds is 4. The van der Waals surface area contributed by atoms with Gasteiger partial charge in [0, 0.05) is 18.4 Å². The average molecular weight is 307 g/mol. The molecule has 0 radical (unpaired) electrons. The van der Waals surface area contributed by atoms with Crippen molar-refractivity contribution < 1.29 is 28.5 Å². The van der Waals surface area contributed by atoms with Gasteiger partial charge in [0.25, 0.3) is 5.91 Å². The molecule has 0 aliphatic carbocycles. The summed E-state index contributed by atoms with van der Waals surface area (Å²) in [6.07, 6.45) is 0.00952. The van der Waals surface area contributed by atoms with E-state index in [4.69, 9.17) is 18.9 Å². The summed E-state index contributed by atoms with van der Waals surface area (Å²) >= 11 is 0. The fraction of sp³-hybridized carbons (Fsp3) is 0.467. The Balaban J connectivity index is 1.55. The molecule has 0 unspecified atom stereocenters. The van der Waals surface area contributed by atoms with Crippen LogP contribution in [0.3, 0.4) is 0 Å². The van der Waals surface area contributed by atoms with E-state index in [-0.39, 0.29) is 6.79 Å². The summed E-state index contributed by atoms with van der Waals surface area (Å²) in [5.41, 5.74) is 0.550. The predicted molar refractivity (Wildman–Crippen MR) is 75.7 cm³/mol. The molecule has 1 N–H and O–H groups in total. The molecule has 7 heteroatoms. The zero-order valence-electron chi connectivity index (χ0n) is 12.2. The summed E-state index contributed by atoms with van der Waals surface area (Å²) in [5.74, 6) is 0.300. The molecule has 1 saturated heterocycles. The monoisotopic (exact) mass is 307 g/mol. The first-order valence-electron chi connectivity index (χ1n) is 7.16. The topological polar surface area (TPSA) is 83.1 Å². The minimum atomic E-state index is -0.901. The lowest BCUT2D eigenvalue weighted by atomic mass is 10.2. The van der Waals surface area contributed by atoms with Crippen LogP contribution in [0.1, 0.15) is 19.8 Å². The number of nitrogens with one attached hydrogen (secondary N) is 1. The van der Waals surface area contributed by atoms with Crippen LogP contribution in [0.5, 0.6) is 11.5 Å². The standard InChI is InChI=1S/C15H17NO6/c1-9(22-15(18)12-3-2-6-19-12)14(17)16-10-4-5-11-13(7-10)21-8-20-11/h4-5,7,9,12H,2-3,6,8H2,1H3,(H,16,17)/t9-,12+/m1/s1. The normalized spacial score (nSPS) is 20.5. The van der Waals surface area contributed by atoms with E-state index >= 15 is 0 Å². The van der Waals surface area contributed by atoms with Crippen LogP contribution in [-0.2, 0) is 19.1 Å². The number of amides is 1. The number of carbonyl (C=O) groups excluding carboxylic acids is 2. The molecule has 7 nitrogen and oxygen atoms in total. The Labute approximate surface area is 127 Å². The first kappa shape index (κ1) is 14.6.